The number of hydrogen-bond donors (Lipinski definition) is 0. The Hall–Kier alpha value is -3.15. The lowest BCUT2D eigenvalue weighted by Crippen LogP contribution is -2.01. The highest BCUT2D eigenvalue weighted by molar-refractivity contribution is 5.81. The summed E-state index contributed by atoms with van der Waals surface area (Å²) in [6.45, 7) is 4.62. The van der Waals surface area contributed by atoms with Crippen molar-refractivity contribution >= 4 is 17.3 Å². The number of methoxy groups -OCH3 is 1. The molecule has 33 heavy (non-hydrogen) atoms. The molecule has 0 atom stereocenters. The van der Waals surface area contributed by atoms with Crippen molar-refractivity contribution in [3.63, 3.8) is 0 Å². The second kappa shape index (κ2) is 16.5. The molecule has 0 unspecified atom stereocenters. The Morgan fingerprint density at radius 3 is 1.67 bits per heavy atom. The molecule has 0 radical (unpaired) electrons. The van der Waals surface area contributed by atoms with Gasteiger partial charge in [0, 0.05) is 6.08 Å². The first-order chi connectivity index (χ1) is 16.2. The monoisotopic (exact) mass is 452 g/mol. The molecule has 2 aromatic rings. The average molecular weight is 453 g/mol. The van der Waals surface area contributed by atoms with Crippen molar-refractivity contribution in [1.82, 2.24) is 0 Å². The molecule has 0 spiro atoms. The molecular weight excluding hydrogens is 416 g/mol. The molecule has 2 aromatic carbocycles. The van der Waals surface area contributed by atoms with Gasteiger partial charge in [0.15, 0.2) is 0 Å². The van der Waals surface area contributed by atoms with E-state index in [4.69, 9.17) is 14.2 Å². The van der Waals surface area contributed by atoms with Crippen molar-refractivity contribution in [2.45, 2.75) is 57.8 Å². The molecule has 6 heteroatoms. The number of carbonyl (C=O) groups excluding carboxylic acids is 1. The van der Waals surface area contributed by atoms with Crippen LogP contribution >= 0.6 is 0 Å². The third-order valence-corrected chi connectivity index (χ3v) is 5.16. The first kappa shape index (κ1) is 26.1. The zero-order valence-electron chi connectivity index (χ0n) is 19.7. The molecular formula is C27H36N2O4. The molecule has 0 aliphatic heterocycles. The predicted molar refractivity (Wildman–Crippen MR) is 132 cm³/mol. The van der Waals surface area contributed by atoms with Gasteiger partial charge in [-0.1, -0.05) is 51.5 Å². The van der Waals surface area contributed by atoms with Crippen LogP contribution in [-0.2, 0) is 9.53 Å². The van der Waals surface area contributed by atoms with Crippen molar-refractivity contribution in [3.8, 4) is 11.5 Å². The minimum atomic E-state index is -0.330. The smallest absolute Gasteiger partial charge is 0.330 e. The molecule has 0 amide bonds. The molecule has 0 N–H and O–H groups in total. The van der Waals surface area contributed by atoms with Crippen LogP contribution in [0.15, 0.2) is 71.4 Å². The molecule has 0 aromatic heterocycles. The van der Waals surface area contributed by atoms with Gasteiger partial charge in [0.25, 0.3) is 0 Å². The molecule has 0 aliphatic rings. The third kappa shape index (κ3) is 11.9. The number of hydrogen-bond acceptors (Lipinski definition) is 6. The van der Waals surface area contributed by atoms with E-state index in [0.717, 1.165) is 48.7 Å². The number of carbonyl (C=O) groups is 1. The summed E-state index contributed by atoms with van der Waals surface area (Å²) in [5.74, 6) is 1.33. The second-order valence-electron chi connectivity index (χ2n) is 7.79. The molecule has 0 fully saturated rings. The molecule has 2 rings (SSSR count). The SMILES string of the molecule is C=CC(=O)OCCCCCCCCCCCOc1ccc(N=Nc2ccc(OC)cc2)cc1. The molecule has 0 bridgehead atoms. The fraction of sp³-hybridized carbons (Fsp3) is 0.444. The van der Waals surface area contributed by atoms with Crippen LogP contribution in [-0.4, -0.2) is 26.3 Å². The third-order valence-electron chi connectivity index (χ3n) is 5.16. The van der Waals surface area contributed by atoms with Gasteiger partial charge < -0.3 is 14.2 Å². The van der Waals surface area contributed by atoms with E-state index in [1.54, 1.807) is 7.11 Å². The summed E-state index contributed by atoms with van der Waals surface area (Å²) in [6.07, 6.45) is 11.7. The van der Waals surface area contributed by atoms with E-state index >= 15 is 0 Å². The predicted octanol–water partition coefficient (Wildman–Crippen LogP) is 7.73. The topological polar surface area (TPSA) is 69.5 Å². The second-order valence-corrected chi connectivity index (χ2v) is 7.79. The Kier molecular flexibility index (Phi) is 13.0. The van der Waals surface area contributed by atoms with Gasteiger partial charge in [-0.25, -0.2) is 4.79 Å². The lowest BCUT2D eigenvalue weighted by Gasteiger charge is -2.06. The van der Waals surface area contributed by atoms with Crippen molar-refractivity contribution in [2.75, 3.05) is 20.3 Å². The highest BCUT2D eigenvalue weighted by atomic mass is 16.5. The van der Waals surface area contributed by atoms with Crippen molar-refractivity contribution in [3.05, 3.63) is 61.2 Å². The maximum Gasteiger partial charge on any atom is 0.330 e. The number of unbranched alkanes of at least 4 members (excludes halogenated alkanes) is 8. The van der Waals surface area contributed by atoms with E-state index in [9.17, 15) is 4.79 Å². The normalized spacial score (nSPS) is 10.8. The van der Waals surface area contributed by atoms with E-state index in [0.29, 0.717) is 6.61 Å². The molecule has 0 saturated carbocycles. The van der Waals surface area contributed by atoms with Crippen LogP contribution in [0.25, 0.3) is 0 Å². The lowest BCUT2D eigenvalue weighted by molar-refractivity contribution is -0.137. The number of azo groups is 1. The van der Waals surface area contributed by atoms with E-state index in [1.807, 2.05) is 48.5 Å². The van der Waals surface area contributed by atoms with Crippen LogP contribution < -0.4 is 9.47 Å². The Morgan fingerprint density at radius 2 is 1.18 bits per heavy atom. The van der Waals surface area contributed by atoms with E-state index in [-0.39, 0.29) is 5.97 Å². The summed E-state index contributed by atoms with van der Waals surface area (Å²) < 4.78 is 15.9. The van der Waals surface area contributed by atoms with Crippen LogP contribution in [0.3, 0.4) is 0 Å². The van der Waals surface area contributed by atoms with Gasteiger partial charge in [0.1, 0.15) is 11.5 Å². The Balaban J connectivity index is 1.47. The maximum absolute atomic E-state index is 10.9. The van der Waals surface area contributed by atoms with Crippen molar-refractivity contribution in [1.29, 1.82) is 0 Å². The first-order valence-corrected chi connectivity index (χ1v) is 11.8. The van der Waals surface area contributed by atoms with Crippen molar-refractivity contribution in [2.24, 2.45) is 10.2 Å². The number of ether oxygens (including phenoxy) is 3. The van der Waals surface area contributed by atoms with Crippen LogP contribution in [0.5, 0.6) is 11.5 Å². The van der Waals surface area contributed by atoms with Gasteiger partial charge in [-0.05, 0) is 61.4 Å². The molecule has 178 valence electrons. The van der Waals surface area contributed by atoms with Gasteiger partial charge in [-0.15, -0.1) is 0 Å². The van der Waals surface area contributed by atoms with Crippen molar-refractivity contribution < 1.29 is 19.0 Å². The largest absolute Gasteiger partial charge is 0.497 e. The van der Waals surface area contributed by atoms with Crippen LogP contribution in [0.4, 0.5) is 11.4 Å². The molecule has 0 aliphatic carbocycles. The number of esters is 1. The standard InChI is InChI=1S/C27H36N2O4/c1-3-27(30)33-22-12-10-8-6-4-5-7-9-11-21-32-26-19-15-24(16-20-26)29-28-23-13-17-25(31-2)18-14-23/h3,13-20H,1,4-12,21-22H2,2H3. The molecule has 0 heterocycles. The summed E-state index contributed by atoms with van der Waals surface area (Å²) >= 11 is 0. The minimum absolute atomic E-state index is 0.330. The summed E-state index contributed by atoms with van der Waals surface area (Å²) in [5.41, 5.74) is 1.57. The number of rotatable bonds is 17. The van der Waals surface area contributed by atoms with Gasteiger partial charge in [-0.2, -0.15) is 10.2 Å². The van der Waals surface area contributed by atoms with Crippen LogP contribution in [0, 0.1) is 0 Å². The zero-order valence-corrected chi connectivity index (χ0v) is 19.7. The number of nitrogens with zero attached hydrogens (tertiary/aromatic N) is 2. The summed E-state index contributed by atoms with van der Waals surface area (Å²) in [4.78, 5) is 10.9. The summed E-state index contributed by atoms with van der Waals surface area (Å²) in [5, 5.41) is 8.49. The van der Waals surface area contributed by atoms with Gasteiger partial charge >= 0.3 is 5.97 Å². The highest BCUT2D eigenvalue weighted by Crippen LogP contribution is 2.23. The Labute approximate surface area is 197 Å². The van der Waals surface area contributed by atoms with Gasteiger partial charge in [0.05, 0.1) is 31.7 Å². The first-order valence-electron chi connectivity index (χ1n) is 11.8. The molecule has 6 nitrogen and oxygen atoms in total. The van der Waals surface area contributed by atoms with Crippen LogP contribution in [0.2, 0.25) is 0 Å². The summed E-state index contributed by atoms with van der Waals surface area (Å²) in [6, 6.07) is 15.1. The zero-order chi connectivity index (χ0) is 23.6. The lowest BCUT2D eigenvalue weighted by atomic mass is 10.1. The van der Waals surface area contributed by atoms with Gasteiger partial charge in [0.2, 0.25) is 0 Å². The summed E-state index contributed by atoms with van der Waals surface area (Å²) in [7, 11) is 1.64. The average Bonchev–Trinajstić information content (AvgIpc) is 2.86. The van der Waals surface area contributed by atoms with E-state index in [1.165, 1.54) is 44.6 Å². The Bertz CT molecular complexity index is 832. The molecule has 0 saturated heterocycles. The fourth-order valence-corrected chi connectivity index (χ4v) is 3.24. The van der Waals surface area contributed by atoms with E-state index < -0.39 is 0 Å². The highest BCUT2D eigenvalue weighted by Gasteiger charge is 1.98. The Morgan fingerprint density at radius 1 is 0.727 bits per heavy atom. The number of benzene rings is 2. The minimum Gasteiger partial charge on any atom is -0.497 e. The quantitative estimate of drug-likeness (QED) is 0.107. The van der Waals surface area contributed by atoms with Crippen LogP contribution in [0.1, 0.15) is 57.8 Å². The fourth-order valence-electron chi connectivity index (χ4n) is 3.24. The maximum atomic E-state index is 10.9. The van der Waals surface area contributed by atoms with Gasteiger partial charge in [-0.3, -0.25) is 0 Å². The van der Waals surface area contributed by atoms with E-state index in [2.05, 4.69) is 16.8 Å².